The van der Waals surface area contributed by atoms with E-state index < -0.39 is 35.5 Å². The lowest BCUT2D eigenvalue weighted by Gasteiger charge is -2.13. The second-order valence-electron chi connectivity index (χ2n) is 6.31. The number of amides is 2. The summed E-state index contributed by atoms with van der Waals surface area (Å²) < 4.78 is 64.5. The van der Waals surface area contributed by atoms with E-state index in [1.54, 1.807) is 0 Å². The number of nitrogens with one attached hydrogen (secondary N) is 2. The van der Waals surface area contributed by atoms with Crippen LogP contribution in [0, 0.1) is 0 Å². The lowest BCUT2D eigenvalue weighted by atomic mass is 10.1. The van der Waals surface area contributed by atoms with Crippen LogP contribution in [0.3, 0.4) is 0 Å². The predicted molar refractivity (Wildman–Crippen MR) is 103 cm³/mol. The number of rotatable bonds is 5. The number of benzene rings is 2. The summed E-state index contributed by atoms with van der Waals surface area (Å²) in [5.74, 6) is -1.61. The van der Waals surface area contributed by atoms with Crippen LogP contribution in [0.15, 0.2) is 66.9 Å². The Labute approximate surface area is 172 Å². The lowest BCUT2D eigenvalue weighted by Crippen LogP contribution is -2.19. The monoisotopic (exact) mass is 435 g/mol. The minimum Gasteiger partial charge on any atom is -0.322 e. The first-order valence-electron chi connectivity index (χ1n) is 8.78. The molecule has 2 aromatic carbocycles. The first-order valence-corrected chi connectivity index (χ1v) is 8.78. The number of hydrogen-bond acceptors (Lipinski definition) is 3. The van der Waals surface area contributed by atoms with E-state index >= 15 is 0 Å². The molecule has 0 fully saturated rings. The van der Waals surface area contributed by atoms with Crippen LogP contribution in [0.4, 0.5) is 33.5 Å². The van der Waals surface area contributed by atoms with Crippen LogP contribution >= 0.6 is 0 Å². The van der Waals surface area contributed by atoms with Gasteiger partial charge in [0, 0.05) is 23.0 Å². The summed E-state index contributed by atoms with van der Waals surface area (Å²) in [6.45, 7) is 0. The Hall–Kier alpha value is -3.82. The average Bonchev–Trinajstić information content (AvgIpc) is 2.73. The van der Waals surface area contributed by atoms with Gasteiger partial charge in [-0.3, -0.25) is 9.59 Å². The molecule has 2 N–H and O–H groups in total. The Morgan fingerprint density at radius 3 is 2.26 bits per heavy atom. The summed E-state index contributed by atoms with van der Waals surface area (Å²) >= 11 is 0. The van der Waals surface area contributed by atoms with Gasteiger partial charge in [0.1, 0.15) is 5.82 Å². The Bertz CT molecular complexity index is 1100. The third-order valence-electron chi connectivity index (χ3n) is 4.14. The van der Waals surface area contributed by atoms with Gasteiger partial charge in [-0.1, -0.05) is 18.2 Å². The lowest BCUT2D eigenvalue weighted by molar-refractivity contribution is -0.137. The predicted octanol–water partition coefficient (Wildman–Crippen LogP) is 5.54. The summed E-state index contributed by atoms with van der Waals surface area (Å²) in [6, 6.07) is 12.1. The fourth-order valence-corrected chi connectivity index (χ4v) is 2.66. The number of pyridine rings is 1. The van der Waals surface area contributed by atoms with E-state index in [2.05, 4.69) is 15.6 Å². The number of carbonyl (C=O) groups is 2. The smallest absolute Gasteiger partial charge is 0.322 e. The van der Waals surface area contributed by atoms with Gasteiger partial charge in [0.15, 0.2) is 0 Å². The molecule has 0 unspecified atom stereocenters. The van der Waals surface area contributed by atoms with Crippen molar-refractivity contribution in [2.24, 2.45) is 0 Å². The van der Waals surface area contributed by atoms with Gasteiger partial charge in [-0.2, -0.15) is 13.2 Å². The molecule has 0 saturated carbocycles. The van der Waals surface area contributed by atoms with Crippen LogP contribution in [0.25, 0.3) is 0 Å². The molecule has 31 heavy (non-hydrogen) atoms. The van der Waals surface area contributed by atoms with Crippen LogP contribution < -0.4 is 10.6 Å². The molecule has 0 aliphatic carbocycles. The summed E-state index contributed by atoms with van der Waals surface area (Å²) in [6.07, 6.45) is -6.47. The fourth-order valence-electron chi connectivity index (χ4n) is 2.66. The first-order chi connectivity index (χ1) is 14.6. The number of nitrogens with zero attached hydrogens (tertiary/aromatic N) is 1. The van der Waals surface area contributed by atoms with Gasteiger partial charge >= 0.3 is 6.18 Å². The topological polar surface area (TPSA) is 71.1 Å². The molecular weight excluding hydrogens is 421 g/mol. The Morgan fingerprint density at radius 1 is 0.871 bits per heavy atom. The third kappa shape index (κ3) is 5.41. The van der Waals surface area contributed by atoms with Gasteiger partial charge in [-0.15, -0.1) is 0 Å². The van der Waals surface area contributed by atoms with Crippen LogP contribution in [0.5, 0.6) is 0 Å². The Morgan fingerprint density at radius 2 is 1.61 bits per heavy atom. The molecule has 0 radical (unpaired) electrons. The maximum absolute atomic E-state index is 13.1. The van der Waals surface area contributed by atoms with Crippen molar-refractivity contribution in [3.63, 3.8) is 0 Å². The number of hydrogen-bond donors (Lipinski definition) is 2. The van der Waals surface area contributed by atoms with Crippen molar-refractivity contribution >= 4 is 23.3 Å². The standard InChI is InChI=1S/C21H14F5N3O2/c22-18(23)13-8-9-17(27-11-13)29-19(30)12-4-3-5-14(10-12)28-20(31)15-6-1-2-7-16(15)21(24,25)26/h1-11,18H,(H,28,31)(H,27,29,30). The molecule has 0 atom stereocenters. The molecule has 10 heteroatoms. The van der Waals surface area contributed by atoms with E-state index in [0.29, 0.717) is 0 Å². The molecule has 0 aliphatic rings. The van der Waals surface area contributed by atoms with Crippen molar-refractivity contribution in [1.82, 2.24) is 4.98 Å². The molecule has 0 bridgehead atoms. The molecule has 0 saturated heterocycles. The highest BCUT2D eigenvalue weighted by molar-refractivity contribution is 6.07. The summed E-state index contributed by atoms with van der Waals surface area (Å²) in [4.78, 5) is 28.4. The van der Waals surface area contributed by atoms with Crippen molar-refractivity contribution in [1.29, 1.82) is 0 Å². The third-order valence-corrected chi connectivity index (χ3v) is 4.14. The van der Waals surface area contributed by atoms with E-state index in [9.17, 15) is 31.5 Å². The van der Waals surface area contributed by atoms with Crippen molar-refractivity contribution in [2.75, 3.05) is 10.6 Å². The molecule has 1 heterocycles. The van der Waals surface area contributed by atoms with E-state index in [1.807, 2.05) is 0 Å². The molecule has 160 valence electrons. The van der Waals surface area contributed by atoms with E-state index in [4.69, 9.17) is 0 Å². The quantitative estimate of drug-likeness (QED) is 0.517. The van der Waals surface area contributed by atoms with Crippen molar-refractivity contribution in [3.05, 3.63) is 89.1 Å². The maximum atomic E-state index is 13.1. The Kier molecular flexibility index (Phi) is 6.28. The zero-order valence-electron chi connectivity index (χ0n) is 15.6. The fraction of sp³-hybridized carbons (Fsp3) is 0.0952. The molecule has 0 spiro atoms. The van der Waals surface area contributed by atoms with Crippen molar-refractivity contribution < 1.29 is 31.5 Å². The first kappa shape index (κ1) is 21.9. The Balaban J connectivity index is 1.75. The zero-order valence-corrected chi connectivity index (χ0v) is 15.6. The molecule has 3 aromatic rings. The van der Waals surface area contributed by atoms with Gasteiger partial charge in [0.25, 0.3) is 18.2 Å². The van der Waals surface area contributed by atoms with Crippen LogP contribution in [-0.2, 0) is 6.18 Å². The largest absolute Gasteiger partial charge is 0.417 e. The highest BCUT2D eigenvalue weighted by Crippen LogP contribution is 2.32. The molecule has 3 rings (SSSR count). The highest BCUT2D eigenvalue weighted by atomic mass is 19.4. The zero-order chi connectivity index (χ0) is 22.6. The summed E-state index contributed by atoms with van der Waals surface area (Å²) in [5.41, 5.74) is -1.79. The van der Waals surface area contributed by atoms with Gasteiger partial charge in [-0.05, 0) is 42.5 Å². The number of anilines is 2. The maximum Gasteiger partial charge on any atom is 0.417 e. The van der Waals surface area contributed by atoms with Crippen LogP contribution in [0.1, 0.15) is 38.3 Å². The highest BCUT2D eigenvalue weighted by Gasteiger charge is 2.34. The second kappa shape index (κ2) is 8.90. The SMILES string of the molecule is O=C(Nc1ccc(C(F)F)cn1)c1cccc(NC(=O)c2ccccc2C(F)(F)F)c1. The summed E-state index contributed by atoms with van der Waals surface area (Å²) in [7, 11) is 0. The number of alkyl halides is 5. The second-order valence-corrected chi connectivity index (χ2v) is 6.31. The van der Waals surface area contributed by atoms with Gasteiger partial charge in [0.05, 0.1) is 11.1 Å². The van der Waals surface area contributed by atoms with E-state index in [-0.39, 0.29) is 22.6 Å². The average molecular weight is 435 g/mol. The van der Waals surface area contributed by atoms with Crippen LogP contribution in [-0.4, -0.2) is 16.8 Å². The molecule has 0 aliphatic heterocycles. The van der Waals surface area contributed by atoms with E-state index in [1.165, 1.54) is 42.5 Å². The van der Waals surface area contributed by atoms with Crippen molar-refractivity contribution in [2.45, 2.75) is 12.6 Å². The van der Waals surface area contributed by atoms with Gasteiger partial charge in [-0.25, -0.2) is 13.8 Å². The van der Waals surface area contributed by atoms with E-state index in [0.717, 1.165) is 24.4 Å². The minimum atomic E-state index is -4.71. The van der Waals surface area contributed by atoms with Crippen molar-refractivity contribution in [3.8, 4) is 0 Å². The minimum absolute atomic E-state index is 0.0305. The normalized spacial score (nSPS) is 11.3. The molecule has 2 amide bonds. The van der Waals surface area contributed by atoms with Crippen LogP contribution in [0.2, 0.25) is 0 Å². The van der Waals surface area contributed by atoms with Gasteiger partial charge < -0.3 is 10.6 Å². The summed E-state index contributed by atoms with van der Waals surface area (Å²) in [5, 5.41) is 4.74. The number of aromatic nitrogens is 1. The number of halogens is 5. The number of carbonyl (C=O) groups excluding carboxylic acids is 2. The molecular formula is C21H14F5N3O2. The molecule has 5 nitrogen and oxygen atoms in total. The molecule has 1 aromatic heterocycles. The van der Waals surface area contributed by atoms with Gasteiger partial charge in [0.2, 0.25) is 0 Å².